The molecular formula is C32H22O7P2. The molecule has 7 rings (SSSR count). The number of carbonyl (C=O) groups excluding carboxylic acids is 1. The zero-order valence-electron chi connectivity index (χ0n) is 21.7. The predicted molar refractivity (Wildman–Crippen MR) is 158 cm³/mol. The fourth-order valence-electron chi connectivity index (χ4n) is 5.48. The van der Waals surface area contributed by atoms with Gasteiger partial charge in [0.15, 0.2) is 0 Å². The van der Waals surface area contributed by atoms with Crippen LogP contribution in [0.15, 0.2) is 109 Å². The summed E-state index contributed by atoms with van der Waals surface area (Å²) in [5.41, 5.74) is 2.77. The molecule has 2 heterocycles. The Morgan fingerprint density at radius 1 is 0.610 bits per heavy atom. The number of phenols is 1. The molecule has 0 radical (unpaired) electrons. The van der Waals surface area contributed by atoms with Gasteiger partial charge in [0.05, 0.1) is 33.9 Å². The van der Waals surface area contributed by atoms with Crippen molar-refractivity contribution in [3.63, 3.8) is 0 Å². The summed E-state index contributed by atoms with van der Waals surface area (Å²) in [7, 11) is -6.98. The number of ether oxygens (including phenoxy) is 1. The summed E-state index contributed by atoms with van der Waals surface area (Å²) < 4.78 is 47.4. The van der Waals surface area contributed by atoms with E-state index in [-0.39, 0.29) is 16.2 Å². The SMILES string of the molecule is COC(=O)c1cc(P2(=O)Oc3ccccc3-c3ccccc32)c(O)c(P2(=O)Oc3ccccc3-c3ccccc32)c1. The third-order valence-electron chi connectivity index (χ3n) is 7.38. The number of benzene rings is 5. The summed E-state index contributed by atoms with van der Waals surface area (Å²) in [6.45, 7) is 0. The summed E-state index contributed by atoms with van der Waals surface area (Å²) in [5, 5.41) is 12.2. The number of methoxy groups -OCH3 is 1. The summed E-state index contributed by atoms with van der Waals surface area (Å²) in [6, 6.07) is 31.0. The van der Waals surface area contributed by atoms with Gasteiger partial charge < -0.3 is 18.9 Å². The molecule has 0 bridgehead atoms. The minimum Gasteiger partial charge on any atom is -0.506 e. The average molecular weight is 580 g/mol. The van der Waals surface area contributed by atoms with Crippen molar-refractivity contribution in [3.8, 4) is 39.5 Å². The highest BCUT2D eigenvalue weighted by molar-refractivity contribution is 7.77. The summed E-state index contributed by atoms with van der Waals surface area (Å²) >= 11 is 0. The Kier molecular flexibility index (Phi) is 5.72. The Hall–Kier alpha value is -4.57. The van der Waals surface area contributed by atoms with Gasteiger partial charge in [0.1, 0.15) is 17.2 Å². The molecule has 7 nitrogen and oxygen atoms in total. The zero-order valence-corrected chi connectivity index (χ0v) is 23.5. The van der Waals surface area contributed by atoms with Crippen LogP contribution in [0.5, 0.6) is 17.2 Å². The van der Waals surface area contributed by atoms with Crippen molar-refractivity contribution in [1.82, 2.24) is 0 Å². The van der Waals surface area contributed by atoms with Crippen LogP contribution in [0.25, 0.3) is 22.3 Å². The number of rotatable bonds is 3. The predicted octanol–water partition coefficient (Wildman–Crippen LogP) is 5.76. The van der Waals surface area contributed by atoms with Crippen LogP contribution in [0.1, 0.15) is 10.4 Å². The van der Waals surface area contributed by atoms with Gasteiger partial charge in [-0.3, -0.25) is 9.13 Å². The average Bonchev–Trinajstić information content (AvgIpc) is 3.01. The molecule has 9 heteroatoms. The third kappa shape index (κ3) is 3.70. The van der Waals surface area contributed by atoms with Gasteiger partial charge in [-0.2, -0.15) is 0 Å². The third-order valence-corrected chi connectivity index (χ3v) is 12.3. The monoisotopic (exact) mass is 580 g/mol. The van der Waals surface area contributed by atoms with Crippen molar-refractivity contribution >= 4 is 41.9 Å². The van der Waals surface area contributed by atoms with E-state index >= 15 is 9.13 Å². The highest BCUT2D eigenvalue weighted by atomic mass is 31.2. The van der Waals surface area contributed by atoms with Crippen molar-refractivity contribution in [2.45, 2.75) is 0 Å². The number of phenolic OH excluding ortho intramolecular Hbond substituents is 1. The van der Waals surface area contributed by atoms with Gasteiger partial charge in [-0.05, 0) is 47.5 Å². The first-order valence-electron chi connectivity index (χ1n) is 12.8. The zero-order chi connectivity index (χ0) is 28.4. The van der Waals surface area contributed by atoms with Crippen molar-refractivity contribution in [1.29, 1.82) is 0 Å². The van der Waals surface area contributed by atoms with Crippen LogP contribution in [0.3, 0.4) is 0 Å². The second kappa shape index (κ2) is 9.24. The van der Waals surface area contributed by atoms with Crippen LogP contribution in [0.2, 0.25) is 0 Å². The molecule has 0 aliphatic carbocycles. The van der Waals surface area contributed by atoms with Gasteiger partial charge in [0.25, 0.3) is 0 Å². The van der Waals surface area contributed by atoms with E-state index in [1.165, 1.54) is 19.2 Å². The summed E-state index contributed by atoms with van der Waals surface area (Å²) in [5.74, 6) is -0.577. The Labute approximate surface area is 235 Å². The van der Waals surface area contributed by atoms with E-state index in [0.717, 1.165) is 11.1 Å². The highest BCUT2D eigenvalue weighted by Gasteiger charge is 2.45. The largest absolute Gasteiger partial charge is 0.506 e. The van der Waals surface area contributed by atoms with Gasteiger partial charge in [-0.15, -0.1) is 0 Å². The van der Waals surface area contributed by atoms with Gasteiger partial charge in [-0.25, -0.2) is 4.79 Å². The van der Waals surface area contributed by atoms with E-state index in [0.29, 0.717) is 33.2 Å². The molecule has 2 unspecified atom stereocenters. The fourth-order valence-corrected chi connectivity index (χ4v) is 10.4. The van der Waals surface area contributed by atoms with Gasteiger partial charge in [-0.1, -0.05) is 72.8 Å². The minimum absolute atomic E-state index is 0.0550. The van der Waals surface area contributed by atoms with Crippen molar-refractivity contribution in [2.75, 3.05) is 7.11 Å². The molecular weight excluding hydrogens is 558 g/mol. The molecule has 0 saturated heterocycles. The lowest BCUT2D eigenvalue weighted by molar-refractivity contribution is 0.0601. The molecule has 1 N–H and O–H groups in total. The maximum Gasteiger partial charge on any atom is 0.337 e. The van der Waals surface area contributed by atoms with E-state index in [2.05, 4.69) is 0 Å². The lowest BCUT2D eigenvalue weighted by Gasteiger charge is -2.32. The number of fused-ring (bicyclic) bond motifs is 6. The van der Waals surface area contributed by atoms with Crippen LogP contribution >= 0.6 is 14.7 Å². The van der Waals surface area contributed by atoms with Crippen LogP contribution in [-0.4, -0.2) is 18.2 Å². The quantitative estimate of drug-likeness (QED) is 0.214. The van der Waals surface area contributed by atoms with Gasteiger partial charge in [0, 0.05) is 11.1 Å². The molecule has 5 aromatic carbocycles. The number of hydrogen-bond donors (Lipinski definition) is 1. The Morgan fingerprint density at radius 2 is 1.00 bits per heavy atom. The highest BCUT2D eigenvalue weighted by Crippen LogP contribution is 2.58. The van der Waals surface area contributed by atoms with E-state index < -0.39 is 26.5 Å². The van der Waals surface area contributed by atoms with Gasteiger partial charge >= 0.3 is 20.7 Å². The van der Waals surface area contributed by atoms with Crippen molar-refractivity contribution < 1.29 is 32.8 Å². The molecule has 2 aliphatic heterocycles. The lowest BCUT2D eigenvalue weighted by atomic mass is 10.0. The number of hydrogen-bond acceptors (Lipinski definition) is 7. The summed E-state index contributed by atoms with van der Waals surface area (Å²) in [6.07, 6.45) is 0. The Bertz CT molecular complexity index is 1870. The molecule has 0 aromatic heterocycles. The molecule has 0 saturated carbocycles. The van der Waals surface area contributed by atoms with Crippen molar-refractivity contribution in [2.24, 2.45) is 0 Å². The number of para-hydroxylation sites is 2. The molecule has 202 valence electrons. The van der Waals surface area contributed by atoms with E-state index in [1.807, 2.05) is 48.5 Å². The Balaban J connectivity index is 1.52. The first-order chi connectivity index (χ1) is 19.8. The fraction of sp³-hybridized carbons (Fsp3) is 0.0312. The number of aromatic hydroxyl groups is 1. The first-order valence-corrected chi connectivity index (χ1v) is 16.0. The smallest absolute Gasteiger partial charge is 0.337 e. The lowest BCUT2D eigenvalue weighted by Crippen LogP contribution is -2.32. The molecule has 0 spiro atoms. The number of esters is 1. The van der Waals surface area contributed by atoms with Gasteiger partial charge in [0.2, 0.25) is 0 Å². The maximum atomic E-state index is 15.0. The number of carbonyl (C=O) groups is 1. The van der Waals surface area contributed by atoms with E-state index in [9.17, 15) is 9.90 Å². The molecule has 0 amide bonds. The summed E-state index contributed by atoms with van der Waals surface area (Å²) in [4.78, 5) is 12.9. The molecule has 41 heavy (non-hydrogen) atoms. The second-order valence-corrected chi connectivity index (χ2v) is 14.2. The van der Waals surface area contributed by atoms with Crippen LogP contribution in [-0.2, 0) is 13.9 Å². The Morgan fingerprint density at radius 3 is 1.44 bits per heavy atom. The van der Waals surface area contributed by atoms with E-state index in [4.69, 9.17) is 13.8 Å². The molecule has 5 aromatic rings. The van der Waals surface area contributed by atoms with Crippen LogP contribution in [0.4, 0.5) is 0 Å². The standard InChI is InChI=1S/C32H22O7P2/c1-37-32(34)20-18-29(40(35)27-16-8-4-12-23(27)21-10-2-6-14-25(21)38-40)31(33)30(19-20)41(36)28-17-9-5-13-24(28)22-11-3-7-15-26(22)39-41/h2-19,33H,1H3. The first kappa shape index (κ1) is 25.4. The minimum atomic E-state index is -4.10. The van der Waals surface area contributed by atoms with Crippen LogP contribution < -0.4 is 30.3 Å². The second-order valence-electron chi connectivity index (χ2n) is 9.67. The van der Waals surface area contributed by atoms with Crippen LogP contribution in [0, 0.1) is 0 Å². The topological polar surface area (TPSA) is 99.1 Å². The molecule has 2 aliphatic rings. The maximum absolute atomic E-state index is 15.0. The van der Waals surface area contributed by atoms with E-state index in [1.54, 1.807) is 48.5 Å². The molecule has 2 atom stereocenters. The normalized spacial score (nSPS) is 19.8. The molecule has 0 fully saturated rings. The van der Waals surface area contributed by atoms with Crippen molar-refractivity contribution in [3.05, 3.63) is 115 Å².